The van der Waals surface area contributed by atoms with E-state index in [0.29, 0.717) is 6.42 Å². The van der Waals surface area contributed by atoms with Crippen LogP contribution in [-0.4, -0.2) is 19.6 Å². The molecule has 0 aromatic carbocycles. The molecule has 110 valence electrons. The minimum Gasteiger partial charge on any atom is -0.275 e. The molecule has 0 bridgehead atoms. The van der Waals surface area contributed by atoms with Gasteiger partial charge in [0.05, 0.1) is 28.1 Å². The van der Waals surface area contributed by atoms with Crippen molar-refractivity contribution < 1.29 is 0 Å². The Hall–Kier alpha value is -1.37. The van der Waals surface area contributed by atoms with Gasteiger partial charge in [0.2, 0.25) is 0 Å². The molecule has 0 radical (unpaired) electrons. The first-order valence-corrected chi connectivity index (χ1v) is 7.18. The molecule has 0 aliphatic rings. The summed E-state index contributed by atoms with van der Waals surface area (Å²) in [6, 6.07) is 1.87. The average Bonchev–Trinajstić information content (AvgIpc) is 3.00. The van der Waals surface area contributed by atoms with E-state index in [2.05, 4.69) is 29.5 Å². The van der Waals surface area contributed by atoms with E-state index in [1.54, 1.807) is 4.68 Å². The van der Waals surface area contributed by atoms with Crippen LogP contribution in [0.1, 0.15) is 37.0 Å². The fraction of sp³-hybridized carbons (Fsp3) is 0.538. The minimum atomic E-state index is -0.0830. The molecule has 0 saturated heterocycles. The van der Waals surface area contributed by atoms with Gasteiger partial charge in [-0.2, -0.15) is 10.2 Å². The molecule has 2 heterocycles. The van der Waals surface area contributed by atoms with Crippen molar-refractivity contribution in [1.29, 1.82) is 0 Å². The predicted octanol–water partition coefficient (Wildman–Crippen LogP) is 1.60. The second-order valence-corrected chi connectivity index (χ2v) is 5.09. The van der Waals surface area contributed by atoms with Crippen molar-refractivity contribution in [2.24, 2.45) is 12.9 Å². The van der Waals surface area contributed by atoms with Crippen molar-refractivity contribution in [1.82, 2.24) is 25.0 Å². The summed E-state index contributed by atoms with van der Waals surface area (Å²) >= 11 is 6.42. The number of nitrogens with zero attached hydrogens (tertiary/aromatic N) is 4. The van der Waals surface area contributed by atoms with Gasteiger partial charge in [-0.25, -0.2) is 0 Å². The Morgan fingerprint density at radius 3 is 2.65 bits per heavy atom. The van der Waals surface area contributed by atoms with Crippen LogP contribution in [0.3, 0.4) is 0 Å². The summed E-state index contributed by atoms with van der Waals surface area (Å²) in [4.78, 5) is 0. The number of nitrogens with two attached hydrogens (primary N) is 1. The maximum Gasteiger partial charge on any atom is 0.0850 e. The fourth-order valence-corrected chi connectivity index (χ4v) is 2.62. The first-order valence-electron chi connectivity index (χ1n) is 6.80. The van der Waals surface area contributed by atoms with Crippen LogP contribution in [0.25, 0.3) is 0 Å². The van der Waals surface area contributed by atoms with Crippen molar-refractivity contribution >= 4 is 11.6 Å². The van der Waals surface area contributed by atoms with E-state index in [1.165, 1.54) is 0 Å². The van der Waals surface area contributed by atoms with Crippen molar-refractivity contribution in [2.45, 2.75) is 39.3 Å². The third-order valence-electron chi connectivity index (χ3n) is 3.38. The fourth-order valence-electron chi connectivity index (χ4n) is 2.27. The highest BCUT2D eigenvalue weighted by Gasteiger charge is 2.20. The van der Waals surface area contributed by atoms with Crippen LogP contribution in [0, 0.1) is 0 Å². The predicted molar refractivity (Wildman–Crippen MR) is 79.3 cm³/mol. The maximum atomic E-state index is 6.42. The monoisotopic (exact) mass is 296 g/mol. The van der Waals surface area contributed by atoms with Gasteiger partial charge < -0.3 is 0 Å². The Kier molecular flexibility index (Phi) is 4.80. The molecule has 2 aromatic heterocycles. The van der Waals surface area contributed by atoms with Gasteiger partial charge in [0.1, 0.15) is 0 Å². The Bertz CT molecular complexity index is 573. The van der Waals surface area contributed by atoms with Gasteiger partial charge in [0.15, 0.2) is 0 Å². The van der Waals surface area contributed by atoms with E-state index in [1.807, 2.05) is 24.0 Å². The summed E-state index contributed by atoms with van der Waals surface area (Å²) < 4.78 is 3.70. The number of aromatic nitrogens is 4. The zero-order valence-corrected chi connectivity index (χ0v) is 12.9. The van der Waals surface area contributed by atoms with Gasteiger partial charge in [0, 0.05) is 26.2 Å². The van der Waals surface area contributed by atoms with Crippen LogP contribution in [0.15, 0.2) is 12.3 Å². The summed E-state index contributed by atoms with van der Waals surface area (Å²) in [6.07, 6.45) is 3.38. The number of hydrogen-bond acceptors (Lipinski definition) is 4. The summed E-state index contributed by atoms with van der Waals surface area (Å²) in [5.74, 6) is 5.67. The molecule has 2 aromatic rings. The van der Waals surface area contributed by atoms with Crippen LogP contribution in [-0.2, 0) is 26.4 Å². The van der Waals surface area contributed by atoms with E-state index >= 15 is 0 Å². The zero-order chi connectivity index (χ0) is 14.7. The van der Waals surface area contributed by atoms with E-state index in [4.69, 9.17) is 17.4 Å². The van der Waals surface area contributed by atoms with Gasteiger partial charge >= 0.3 is 0 Å². The number of halogens is 1. The minimum absolute atomic E-state index is 0.0830. The smallest absolute Gasteiger partial charge is 0.0850 e. The van der Waals surface area contributed by atoms with Gasteiger partial charge in [-0.3, -0.25) is 20.6 Å². The van der Waals surface area contributed by atoms with E-state index in [0.717, 1.165) is 35.1 Å². The SMILES string of the molecule is CCc1nn(CC)c(CC(NN)c2ccn(C)n2)c1Cl. The zero-order valence-electron chi connectivity index (χ0n) is 12.1. The standard InChI is InChI=1S/C13H21ClN6/c1-4-9-13(14)12(20(5-2)18-9)8-11(16-15)10-6-7-19(3)17-10/h6-7,11,16H,4-5,8,15H2,1-3H3. The van der Waals surface area contributed by atoms with Gasteiger partial charge in [-0.1, -0.05) is 18.5 Å². The molecular weight excluding hydrogens is 276 g/mol. The number of nitrogens with one attached hydrogen (secondary N) is 1. The Labute approximate surface area is 123 Å². The summed E-state index contributed by atoms with van der Waals surface area (Å²) in [6.45, 7) is 4.89. The van der Waals surface area contributed by atoms with Crippen molar-refractivity contribution in [3.05, 3.63) is 34.4 Å². The first-order chi connectivity index (χ1) is 9.60. The van der Waals surface area contributed by atoms with Crippen LogP contribution in [0.2, 0.25) is 5.02 Å². The van der Waals surface area contributed by atoms with E-state index in [-0.39, 0.29) is 6.04 Å². The molecule has 3 N–H and O–H groups in total. The van der Waals surface area contributed by atoms with Crippen molar-refractivity contribution in [3.8, 4) is 0 Å². The Balaban J connectivity index is 2.29. The maximum absolute atomic E-state index is 6.42. The molecular formula is C13H21ClN6. The molecule has 0 aliphatic carbocycles. The lowest BCUT2D eigenvalue weighted by Gasteiger charge is -2.14. The summed E-state index contributed by atoms with van der Waals surface area (Å²) in [7, 11) is 1.88. The van der Waals surface area contributed by atoms with E-state index in [9.17, 15) is 0 Å². The highest BCUT2D eigenvalue weighted by atomic mass is 35.5. The lowest BCUT2D eigenvalue weighted by atomic mass is 10.1. The molecule has 1 unspecified atom stereocenters. The lowest BCUT2D eigenvalue weighted by molar-refractivity contribution is 0.501. The largest absolute Gasteiger partial charge is 0.275 e. The first kappa shape index (κ1) is 15.0. The summed E-state index contributed by atoms with van der Waals surface area (Å²) in [5, 5.41) is 9.66. The molecule has 0 amide bonds. The van der Waals surface area contributed by atoms with Crippen LogP contribution in [0.5, 0.6) is 0 Å². The molecule has 2 rings (SSSR count). The quantitative estimate of drug-likeness (QED) is 0.627. The normalized spacial score (nSPS) is 12.8. The Morgan fingerprint density at radius 1 is 1.40 bits per heavy atom. The van der Waals surface area contributed by atoms with Crippen LogP contribution >= 0.6 is 11.6 Å². The number of aryl methyl sites for hydroxylation is 3. The van der Waals surface area contributed by atoms with Gasteiger partial charge in [-0.05, 0) is 19.4 Å². The van der Waals surface area contributed by atoms with E-state index < -0.39 is 0 Å². The number of hydrazine groups is 1. The molecule has 0 spiro atoms. The van der Waals surface area contributed by atoms with Crippen LogP contribution in [0.4, 0.5) is 0 Å². The average molecular weight is 297 g/mol. The summed E-state index contributed by atoms with van der Waals surface area (Å²) in [5.41, 5.74) is 5.64. The third kappa shape index (κ3) is 2.87. The van der Waals surface area contributed by atoms with Gasteiger partial charge in [0.25, 0.3) is 0 Å². The third-order valence-corrected chi connectivity index (χ3v) is 3.82. The Morgan fingerprint density at radius 2 is 2.15 bits per heavy atom. The van der Waals surface area contributed by atoms with Gasteiger partial charge in [-0.15, -0.1) is 0 Å². The molecule has 0 fully saturated rings. The van der Waals surface area contributed by atoms with Crippen LogP contribution < -0.4 is 11.3 Å². The number of rotatable bonds is 6. The molecule has 0 saturated carbocycles. The highest BCUT2D eigenvalue weighted by molar-refractivity contribution is 6.31. The molecule has 7 heteroatoms. The molecule has 1 atom stereocenters. The molecule has 20 heavy (non-hydrogen) atoms. The second kappa shape index (κ2) is 6.39. The molecule has 0 aliphatic heterocycles. The highest BCUT2D eigenvalue weighted by Crippen LogP contribution is 2.26. The van der Waals surface area contributed by atoms with Crippen molar-refractivity contribution in [3.63, 3.8) is 0 Å². The lowest BCUT2D eigenvalue weighted by Crippen LogP contribution is -2.30. The van der Waals surface area contributed by atoms with Crippen molar-refractivity contribution in [2.75, 3.05) is 0 Å². The molecule has 6 nitrogen and oxygen atoms in total. The second-order valence-electron chi connectivity index (χ2n) is 4.71. The topological polar surface area (TPSA) is 73.7 Å². The number of hydrogen-bond donors (Lipinski definition) is 2.